The van der Waals surface area contributed by atoms with E-state index < -0.39 is 6.10 Å². The number of rotatable bonds is 18. The molecule has 1 saturated carbocycles. The number of hydrogen-bond acceptors (Lipinski definition) is 4. The van der Waals surface area contributed by atoms with Gasteiger partial charge in [0.1, 0.15) is 6.29 Å². The Kier molecular flexibility index (Phi) is 14.0. The predicted molar refractivity (Wildman–Crippen MR) is 174 cm³/mol. The van der Waals surface area contributed by atoms with Crippen LogP contribution in [0.25, 0.3) is 0 Å². The third kappa shape index (κ3) is 9.40. The summed E-state index contributed by atoms with van der Waals surface area (Å²) in [5.41, 5.74) is 4.30. The summed E-state index contributed by atoms with van der Waals surface area (Å²) >= 11 is 0. The molecule has 0 unspecified atom stereocenters. The lowest BCUT2D eigenvalue weighted by molar-refractivity contribution is -0.144. The molecule has 3 aliphatic rings. The SMILES string of the molecule is CCCCC/C=C\C/C=C\CCCCCCCC(=O)OC[C@@H](C)C1=C2C3=CC=C(C=O)C[C@H](O)[C@]3(C)CC[C@@]2(C)CC1. The Morgan fingerprint density at radius 3 is 2.38 bits per heavy atom. The maximum absolute atomic E-state index is 12.5. The number of aliphatic hydroxyl groups is 1. The highest BCUT2D eigenvalue weighted by Crippen LogP contribution is 2.61. The summed E-state index contributed by atoms with van der Waals surface area (Å²) in [7, 11) is 0. The summed E-state index contributed by atoms with van der Waals surface area (Å²) in [5, 5.41) is 11.1. The summed E-state index contributed by atoms with van der Waals surface area (Å²) in [6.07, 6.45) is 31.3. The van der Waals surface area contributed by atoms with Crippen molar-refractivity contribution in [2.45, 2.75) is 143 Å². The molecule has 0 bridgehead atoms. The quantitative estimate of drug-likeness (QED) is 0.0761. The fourth-order valence-corrected chi connectivity index (χ4v) is 7.13. The van der Waals surface area contributed by atoms with Gasteiger partial charge in [0, 0.05) is 24.2 Å². The molecule has 0 saturated heterocycles. The standard InChI is InChI=1S/C38H58O4/c1-5-6-7-8-9-10-11-12-13-14-15-16-17-18-19-20-35(41)42-29-30(2)32-23-24-37(3)25-26-38(4)33(36(32)37)22-21-31(28-39)27-34(38)40/h9-10,12-13,21-22,28,30,34,40H,5-8,11,14-20,23-27,29H2,1-4H3/b10-9-,13-12-/t30-,34+,37-,38-/m1/s1. The lowest BCUT2D eigenvalue weighted by Gasteiger charge is -2.48. The van der Waals surface area contributed by atoms with Crippen molar-refractivity contribution in [2.24, 2.45) is 16.7 Å². The Bertz CT molecular complexity index is 1040. The lowest BCUT2D eigenvalue weighted by Crippen LogP contribution is -2.41. The van der Waals surface area contributed by atoms with Gasteiger partial charge in [0.05, 0.1) is 12.7 Å². The first kappa shape index (κ1) is 34.3. The molecule has 42 heavy (non-hydrogen) atoms. The monoisotopic (exact) mass is 578 g/mol. The number of aldehydes is 1. The molecule has 3 rings (SSSR count). The second-order valence-electron chi connectivity index (χ2n) is 13.6. The Morgan fingerprint density at radius 2 is 1.67 bits per heavy atom. The second-order valence-corrected chi connectivity index (χ2v) is 13.6. The van der Waals surface area contributed by atoms with Gasteiger partial charge < -0.3 is 9.84 Å². The van der Waals surface area contributed by atoms with Crippen molar-refractivity contribution in [1.82, 2.24) is 0 Å². The van der Waals surface area contributed by atoms with Crippen LogP contribution >= 0.6 is 0 Å². The molecule has 0 aromatic rings. The number of aliphatic hydroxyl groups excluding tert-OH is 1. The van der Waals surface area contributed by atoms with Crippen LogP contribution in [-0.4, -0.2) is 30.1 Å². The van der Waals surface area contributed by atoms with Crippen LogP contribution in [0, 0.1) is 16.7 Å². The number of unbranched alkanes of at least 4 members (excludes halogenated alkanes) is 8. The van der Waals surface area contributed by atoms with E-state index in [4.69, 9.17) is 4.74 Å². The first-order valence-corrected chi connectivity index (χ1v) is 17.0. The Labute approximate surface area is 256 Å². The highest BCUT2D eigenvalue weighted by Gasteiger charge is 2.51. The van der Waals surface area contributed by atoms with Gasteiger partial charge in [0.25, 0.3) is 0 Å². The smallest absolute Gasteiger partial charge is 0.305 e. The fraction of sp³-hybridized carbons (Fsp3) is 0.684. The van der Waals surface area contributed by atoms with Crippen molar-refractivity contribution in [3.8, 4) is 0 Å². The van der Waals surface area contributed by atoms with Gasteiger partial charge in [-0.05, 0) is 86.3 Å². The van der Waals surface area contributed by atoms with Gasteiger partial charge in [0.2, 0.25) is 0 Å². The van der Waals surface area contributed by atoms with Gasteiger partial charge in [0.15, 0.2) is 0 Å². The summed E-state index contributed by atoms with van der Waals surface area (Å²) in [6.45, 7) is 9.33. The van der Waals surface area contributed by atoms with E-state index in [9.17, 15) is 14.7 Å². The van der Waals surface area contributed by atoms with E-state index in [1.807, 2.05) is 6.08 Å². The maximum Gasteiger partial charge on any atom is 0.305 e. The Hall–Kier alpha value is -2.20. The van der Waals surface area contributed by atoms with E-state index in [1.165, 1.54) is 61.7 Å². The van der Waals surface area contributed by atoms with Crippen LogP contribution in [-0.2, 0) is 14.3 Å². The van der Waals surface area contributed by atoms with E-state index >= 15 is 0 Å². The average Bonchev–Trinajstić information content (AvgIpc) is 3.27. The van der Waals surface area contributed by atoms with E-state index in [-0.39, 0.29) is 22.7 Å². The first-order valence-electron chi connectivity index (χ1n) is 17.0. The molecular formula is C38H58O4. The molecule has 0 amide bonds. The van der Waals surface area contributed by atoms with Crippen LogP contribution in [0.15, 0.2) is 58.7 Å². The maximum atomic E-state index is 12.5. The van der Waals surface area contributed by atoms with Gasteiger partial charge in [-0.15, -0.1) is 0 Å². The molecule has 1 fully saturated rings. The molecule has 4 atom stereocenters. The molecule has 0 aliphatic heterocycles. The lowest BCUT2D eigenvalue weighted by atomic mass is 9.57. The zero-order valence-corrected chi connectivity index (χ0v) is 27.1. The highest BCUT2D eigenvalue weighted by molar-refractivity contribution is 5.75. The molecule has 3 aliphatic carbocycles. The molecule has 4 nitrogen and oxygen atoms in total. The zero-order valence-electron chi connectivity index (χ0n) is 27.1. The molecule has 1 N–H and O–H groups in total. The van der Waals surface area contributed by atoms with Crippen LogP contribution in [0.1, 0.15) is 137 Å². The van der Waals surface area contributed by atoms with Crippen molar-refractivity contribution in [3.63, 3.8) is 0 Å². The van der Waals surface area contributed by atoms with Crippen LogP contribution in [0.4, 0.5) is 0 Å². The number of allylic oxidation sites excluding steroid dienone is 7. The third-order valence-electron chi connectivity index (χ3n) is 10.2. The van der Waals surface area contributed by atoms with Crippen LogP contribution in [0.2, 0.25) is 0 Å². The van der Waals surface area contributed by atoms with Gasteiger partial charge in [-0.2, -0.15) is 0 Å². The minimum atomic E-state index is -0.571. The summed E-state index contributed by atoms with van der Waals surface area (Å²) in [5.74, 6) is 0.0589. The molecule has 0 aromatic heterocycles. The molecule has 234 valence electrons. The number of ether oxygens (including phenoxy) is 1. The van der Waals surface area contributed by atoms with E-state index in [2.05, 4.69) is 58.1 Å². The Morgan fingerprint density at radius 1 is 0.976 bits per heavy atom. The molecule has 0 spiro atoms. The molecule has 0 radical (unpaired) electrons. The normalized spacial score (nSPS) is 26.5. The van der Waals surface area contributed by atoms with Crippen molar-refractivity contribution in [3.05, 3.63) is 58.7 Å². The van der Waals surface area contributed by atoms with Gasteiger partial charge >= 0.3 is 5.97 Å². The second kappa shape index (κ2) is 17.2. The first-order chi connectivity index (χ1) is 20.2. The van der Waals surface area contributed by atoms with Gasteiger partial charge in [-0.25, -0.2) is 0 Å². The molecular weight excluding hydrogens is 520 g/mol. The van der Waals surface area contributed by atoms with Crippen molar-refractivity contribution >= 4 is 12.3 Å². The predicted octanol–water partition coefficient (Wildman–Crippen LogP) is 9.69. The van der Waals surface area contributed by atoms with Gasteiger partial charge in [-0.1, -0.05) is 102 Å². The van der Waals surface area contributed by atoms with Crippen molar-refractivity contribution < 1.29 is 19.4 Å². The number of hydrogen-bond donors (Lipinski definition) is 1. The summed E-state index contributed by atoms with van der Waals surface area (Å²) in [6, 6.07) is 0. The van der Waals surface area contributed by atoms with E-state index in [1.54, 1.807) is 0 Å². The number of esters is 1. The molecule has 0 aromatic carbocycles. The molecule has 4 heteroatoms. The fourth-order valence-electron chi connectivity index (χ4n) is 7.13. The largest absolute Gasteiger partial charge is 0.465 e. The minimum absolute atomic E-state index is 0.0823. The number of carbonyl (C=O) groups is 2. The summed E-state index contributed by atoms with van der Waals surface area (Å²) < 4.78 is 5.77. The topological polar surface area (TPSA) is 63.6 Å². The van der Waals surface area contributed by atoms with E-state index in [0.29, 0.717) is 25.0 Å². The van der Waals surface area contributed by atoms with Crippen molar-refractivity contribution in [2.75, 3.05) is 6.61 Å². The number of fused-ring (bicyclic) bond motifs is 3. The highest BCUT2D eigenvalue weighted by atomic mass is 16.5. The van der Waals surface area contributed by atoms with Crippen LogP contribution in [0.3, 0.4) is 0 Å². The van der Waals surface area contributed by atoms with Crippen LogP contribution < -0.4 is 0 Å². The number of carbonyl (C=O) groups excluding carboxylic acids is 2. The van der Waals surface area contributed by atoms with E-state index in [0.717, 1.165) is 57.7 Å². The average molecular weight is 579 g/mol. The minimum Gasteiger partial charge on any atom is -0.465 e. The summed E-state index contributed by atoms with van der Waals surface area (Å²) in [4.78, 5) is 24.1. The molecule has 0 heterocycles. The van der Waals surface area contributed by atoms with Crippen LogP contribution in [0.5, 0.6) is 0 Å². The third-order valence-corrected chi connectivity index (χ3v) is 10.2. The zero-order chi connectivity index (χ0) is 30.4. The van der Waals surface area contributed by atoms with Gasteiger partial charge in [-0.3, -0.25) is 9.59 Å². The van der Waals surface area contributed by atoms with Crippen molar-refractivity contribution in [1.29, 1.82) is 0 Å². The Balaban J connectivity index is 1.38.